The van der Waals surface area contributed by atoms with Crippen molar-refractivity contribution >= 4 is 33.2 Å². The van der Waals surface area contributed by atoms with Crippen molar-refractivity contribution in [2.24, 2.45) is 17.8 Å². The van der Waals surface area contributed by atoms with Crippen LogP contribution in [-0.2, 0) is 21.9 Å². The smallest absolute Gasteiger partial charge is 0.264 e. The van der Waals surface area contributed by atoms with Crippen molar-refractivity contribution in [1.82, 2.24) is 4.72 Å². The maximum absolute atomic E-state index is 13.4. The van der Waals surface area contributed by atoms with Crippen molar-refractivity contribution in [3.63, 3.8) is 0 Å². The Morgan fingerprint density at radius 3 is 2.64 bits per heavy atom. The van der Waals surface area contributed by atoms with E-state index in [1.54, 1.807) is 25.1 Å². The first-order valence-corrected chi connectivity index (χ1v) is 17.4. The van der Waals surface area contributed by atoms with Gasteiger partial charge in [-0.3, -0.25) is 4.79 Å². The number of halogens is 1. The summed E-state index contributed by atoms with van der Waals surface area (Å²) in [6, 6.07) is 11.4. The molecule has 2 N–H and O–H groups in total. The number of amides is 1. The van der Waals surface area contributed by atoms with Crippen LogP contribution in [0.4, 0.5) is 5.69 Å². The van der Waals surface area contributed by atoms with Crippen molar-refractivity contribution in [2.45, 2.75) is 88.4 Å². The Balaban J connectivity index is 1.43. The SMILES string of the molecule is C[C@@H]1[C@@H](C)CCC[C@@](C)(O)[C@@H]2CC[C@H]2CN2C[C@@]3(CCCc4cc(Cl)ccc43)COc3ccc(cc32)C(=O)NS1(=O)=O. The van der Waals surface area contributed by atoms with Crippen LogP contribution in [0.3, 0.4) is 0 Å². The minimum atomic E-state index is -3.89. The molecular weight excluding hydrogens is 572 g/mol. The first-order valence-electron chi connectivity index (χ1n) is 15.5. The van der Waals surface area contributed by atoms with E-state index in [1.807, 2.05) is 19.9 Å². The molecule has 6 rings (SSSR count). The molecular formula is C33H43ClN2O5S. The molecule has 1 fully saturated rings. The second kappa shape index (κ2) is 11.0. The highest BCUT2D eigenvalue weighted by Gasteiger charge is 2.47. The number of nitrogens with zero attached hydrogens (tertiary/aromatic N) is 1. The first kappa shape index (κ1) is 29.8. The Bertz CT molecular complexity index is 1480. The van der Waals surface area contributed by atoms with Crippen molar-refractivity contribution in [2.75, 3.05) is 24.6 Å². The zero-order valence-electron chi connectivity index (χ0n) is 24.9. The van der Waals surface area contributed by atoms with Crippen LogP contribution in [0.15, 0.2) is 36.4 Å². The van der Waals surface area contributed by atoms with Crippen LogP contribution in [0.1, 0.15) is 87.2 Å². The molecule has 9 heteroatoms. The molecule has 0 unspecified atom stereocenters. The molecule has 2 bridgehead atoms. The van der Waals surface area contributed by atoms with Gasteiger partial charge in [0.15, 0.2) is 0 Å². The molecule has 0 aromatic heterocycles. The lowest BCUT2D eigenvalue weighted by molar-refractivity contribution is -0.0746. The summed E-state index contributed by atoms with van der Waals surface area (Å²) < 4.78 is 35.3. The third-order valence-electron chi connectivity index (χ3n) is 10.8. The fourth-order valence-electron chi connectivity index (χ4n) is 7.93. The standard InChI is InChI=1S/C33H43ClN2O5S/c1-21-6-4-14-32(3,38)27-11-8-25(27)18-36-19-33(15-5-7-23-16-26(34)10-12-28(23)33)20-41-30-13-9-24(17-29(30)36)31(37)35-42(39,40)22(21)2/h9-10,12-13,16-17,21-22,25,27,38H,4-8,11,14-15,18-20H2,1-3H3,(H,35,37)/t21-,22+,25-,27+,32+,33-/m0/s1. The number of carbonyl (C=O) groups excluding carboxylic acids is 1. The van der Waals surface area contributed by atoms with Crippen LogP contribution in [0.2, 0.25) is 5.02 Å². The quantitative estimate of drug-likeness (QED) is 0.386. The maximum atomic E-state index is 13.4. The van der Waals surface area contributed by atoms with Gasteiger partial charge in [-0.05, 0) is 118 Å². The molecule has 2 aromatic carbocycles. The number of anilines is 1. The second-order valence-corrected chi connectivity index (χ2v) is 16.1. The Kier molecular flexibility index (Phi) is 7.80. The Morgan fingerprint density at radius 2 is 1.88 bits per heavy atom. The topological polar surface area (TPSA) is 95.9 Å². The normalized spacial score (nSPS) is 34.7. The average molecular weight is 615 g/mol. The van der Waals surface area contributed by atoms with E-state index in [9.17, 15) is 18.3 Å². The van der Waals surface area contributed by atoms with Gasteiger partial charge >= 0.3 is 0 Å². The Morgan fingerprint density at radius 1 is 1.07 bits per heavy atom. The van der Waals surface area contributed by atoms with Gasteiger partial charge in [0.2, 0.25) is 10.0 Å². The first-order chi connectivity index (χ1) is 19.9. The van der Waals surface area contributed by atoms with Crippen LogP contribution >= 0.6 is 11.6 Å². The zero-order chi connectivity index (χ0) is 29.9. The molecule has 2 aliphatic heterocycles. The predicted molar refractivity (Wildman–Crippen MR) is 166 cm³/mol. The molecule has 4 aliphatic rings. The molecule has 1 amide bonds. The largest absolute Gasteiger partial charge is 0.490 e. The number of sulfonamides is 1. The zero-order valence-corrected chi connectivity index (χ0v) is 26.4. The average Bonchev–Trinajstić information content (AvgIpc) is 3.06. The fourth-order valence-corrected chi connectivity index (χ4v) is 9.44. The molecule has 2 heterocycles. The Labute approximate surface area is 255 Å². The highest BCUT2D eigenvalue weighted by Crippen LogP contribution is 2.48. The summed E-state index contributed by atoms with van der Waals surface area (Å²) in [6.45, 7) is 7.47. The molecule has 42 heavy (non-hydrogen) atoms. The van der Waals surface area contributed by atoms with E-state index >= 15 is 0 Å². The molecule has 1 spiro atoms. The fraction of sp³-hybridized carbons (Fsp3) is 0.606. The van der Waals surface area contributed by atoms with Gasteiger partial charge < -0.3 is 14.7 Å². The van der Waals surface area contributed by atoms with Gasteiger partial charge in [0.25, 0.3) is 5.91 Å². The number of aliphatic hydroxyl groups is 1. The van der Waals surface area contributed by atoms with E-state index in [-0.39, 0.29) is 17.3 Å². The van der Waals surface area contributed by atoms with Crippen molar-refractivity contribution in [3.8, 4) is 5.75 Å². The maximum Gasteiger partial charge on any atom is 0.264 e. The van der Waals surface area contributed by atoms with E-state index in [2.05, 4.69) is 21.8 Å². The summed E-state index contributed by atoms with van der Waals surface area (Å²) in [6.07, 6.45) is 7.02. The molecule has 228 valence electrons. The van der Waals surface area contributed by atoms with Gasteiger partial charge in [-0.1, -0.05) is 31.0 Å². The van der Waals surface area contributed by atoms with Gasteiger partial charge in [0.05, 0.1) is 23.1 Å². The highest BCUT2D eigenvalue weighted by atomic mass is 35.5. The lowest BCUT2D eigenvalue weighted by Crippen LogP contribution is -2.52. The predicted octanol–water partition coefficient (Wildman–Crippen LogP) is 5.86. The van der Waals surface area contributed by atoms with Gasteiger partial charge in [-0.25, -0.2) is 13.1 Å². The van der Waals surface area contributed by atoms with Crippen LogP contribution in [0.25, 0.3) is 0 Å². The number of nitrogens with one attached hydrogen (secondary N) is 1. The summed E-state index contributed by atoms with van der Waals surface area (Å²) in [5.74, 6) is 0.382. The van der Waals surface area contributed by atoms with Gasteiger partial charge in [0.1, 0.15) is 5.75 Å². The van der Waals surface area contributed by atoms with Crippen molar-refractivity contribution in [3.05, 3.63) is 58.1 Å². The van der Waals surface area contributed by atoms with Crippen LogP contribution in [-0.4, -0.2) is 50.0 Å². The molecule has 2 aliphatic carbocycles. The van der Waals surface area contributed by atoms with Crippen LogP contribution in [0, 0.1) is 17.8 Å². The van der Waals surface area contributed by atoms with E-state index < -0.39 is 26.8 Å². The Hall–Kier alpha value is -2.29. The summed E-state index contributed by atoms with van der Waals surface area (Å²) in [5.41, 5.74) is 2.54. The number of ether oxygens (including phenoxy) is 1. The number of rotatable bonds is 0. The second-order valence-electron chi connectivity index (χ2n) is 13.6. The van der Waals surface area contributed by atoms with Crippen LogP contribution < -0.4 is 14.4 Å². The number of benzene rings is 2. The van der Waals surface area contributed by atoms with Gasteiger partial charge in [-0.2, -0.15) is 0 Å². The minimum Gasteiger partial charge on any atom is -0.490 e. The molecule has 2 aromatic rings. The third kappa shape index (κ3) is 5.43. The lowest BCUT2D eigenvalue weighted by Gasteiger charge is -2.49. The summed E-state index contributed by atoms with van der Waals surface area (Å²) in [7, 11) is -3.89. The number of carbonyl (C=O) groups is 1. The van der Waals surface area contributed by atoms with Crippen molar-refractivity contribution in [1.29, 1.82) is 0 Å². The number of hydrogen-bond donors (Lipinski definition) is 2. The monoisotopic (exact) mass is 614 g/mol. The van der Waals surface area contributed by atoms with Gasteiger partial charge in [-0.15, -0.1) is 0 Å². The van der Waals surface area contributed by atoms with E-state index in [4.69, 9.17) is 16.3 Å². The highest BCUT2D eigenvalue weighted by molar-refractivity contribution is 7.90. The van der Waals surface area contributed by atoms with E-state index in [0.29, 0.717) is 43.2 Å². The summed E-state index contributed by atoms with van der Waals surface area (Å²) in [4.78, 5) is 15.7. The van der Waals surface area contributed by atoms with Crippen LogP contribution in [0.5, 0.6) is 5.75 Å². The molecule has 1 saturated carbocycles. The molecule has 0 saturated heterocycles. The summed E-state index contributed by atoms with van der Waals surface area (Å²) >= 11 is 6.40. The van der Waals surface area contributed by atoms with Gasteiger partial charge in [0, 0.05) is 29.1 Å². The lowest BCUT2D eigenvalue weighted by atomic mass is 9.63. The van der Waals surface area contributed by atoms with Crippen molar-refractivity contribution < 1.29 is 23.1 Å². The number of aryl methyl sites for hydroxylation is 1. The summed E-state index contributed by atoms with van der Waals surface area (Å²) in [5, 5.41) is 11.7. The molecule has 7 nitrogen and oxygen atoms in total. The number of hydrogen-bond acceptors (Lipinski definition) is 6. The molecule has 6 atom stereocenters. The van der Waals surface area contributed by atoms with E-state index in [1.165, 1.54) is 11.1 Å². The minimum absolute atomic E-state index is 0.156. The third-order valence-corrected chi connectivity index (χ3v) is 13.0. The molecule has 0 radical (unpaired) electrons. The van der Waals surface area contributed by atoms with E-state index in [0.717, 1.165) is 55.8 Å². The number of fused-ring (bicyclic) bond motifs is 4.